The van der Waals surface area contributed by atoms with Crippen molar-refractivity contribution >= 4 is 46.7 Å². The molecule has 18 nitrogen and oxygen atoms in total. The number of phenolic OH excluding ortho intramolecular Hbond substituents is 1. The van der Waals surface area contributed by atoms with Crippen molar-refractivity contribution in [1.82, 2.24) is 29.8 Å². The molecule has 0 radical (unpaired) electrons. The number of rotatable bonds is 10. The quantitative estimate of drug-likeness (QED) is 0.144. The number of benzene rings is 3. The van der Waals surface area contributed by atoms with Crippen molar-refractivity contribution in [3.63, 3.8) is 0 Å². The van der Waals surface area contributed by atoms with Gasteiger partial charge in [0.25, 0.3) is 11.8 Å². The van der Waals surface area contributed by atoms with E-state index in [0.29, 0.717) is 62.8 Å². The zero-order chi connectivity index (χ0) is 44.6. The number of piperazine rings is 3. The van der Waals surface area contributed by atoms with E-state index in [-0.39, 0.29) is 53.7 Å². The lowest BCUT2D eigenvalue weighted by Crippen LogP contribution is -2.57. The molecule has 6 aliphatic heterocycles. The zero-order valence-electron chi connectivity index (χ0n) is 35.7. The molecule has 9 rings (SSSR count). The van der Waals surface area contributed by atoms with Crippen molar-refractivity contribution in [2.75, 3.05) is 88.4 Å². The molecular formula is C46H55N11O7. The third kappa shape index (κ3) is 8.32. The highest BCUT2D eigenvalue weighted by molar-refractivity contribution is 6.23. The van der Waals surface area contributed by atoms with Crippen LogP contribution in [0.1, 0.15) is 52.0 Å². The number of imide groups is 2. The fraction of sp³-hybridized carbons (Fsp3) is 0.413. The summed E-state index contributed by atoms with van der Waals surface area (Å²) in [7, 11) is 0. The molecule has 6 amide bonds. The number of carbonyl (C=O) groups is 5. The Morgan fingerprint density at radius 2 is 1.44 bits per heavy atom. The summed E-state index contributed by atoms with van der Waals surface area (Å²) < 4.78 is 6.29. The highest BCUT2D eigenvalue weighted by Gasteiger charge is 2.45. The number of para-hydroxylation sites is 1. The Labute approximate surface area is 371 Å². The summed E-state index contributed by atoms with van der Waals surface area (Å²) in [4.78, 5) is 78.0. The average Bonchev–Trinajstić information content (AvgIpc) is 3.71. The van der Waals surface area contributed by atoms with Gasteiger partial charge in [0, 0.05) is 119 Å². The van der Waals surface area contributed by atoms with Gasteiger partial charge in [0.2, 0.25) is 11.8 Å². The van der Waals surface area contributed by atoms with E-state index in [9.17, 15) is 29.1 Å². The van der Waals surface area contributed by atoms with Gasteiger partial charge in [-0.05, 0) is 67.8 Å². The molecular weight excluding hydrogens is 819 g/mol. The van der Waals surface area contributed by atoms with Gasteiger partial charge in [0.15, 0.2) is 0 Å². The Kier molecular flexibility index (Phi) is 11.7. The summed E-state index contributed by atoms with van der Waals surface area (Å²) in [5.74, 6) is -1.03. The first-order valence-corrected chi connectivity index (χ1v) is 22.1. The van der Waals surface area contributed by atoms with Crippen LogP contribution in [0.3, 0.4) is 0 Å². The number of piperidine rings is 1. The Balaban J connectivity index is 0.721. The van der Waals surface area contributed by atoms with Crippen molar-refractivity contribution in [3.05, 3.63) is 101 Å². The maximum absolute atomic E-state index is 13.6. The highest BCUT2D eigenvalue weighted by atomic mass is 16.5. The normalized spacial score (nSPS) is 22.8. The Morgan fingerprint density at radius 3 is 2.12 bits per heavy atom. The van der Waals surface area contributed by atoms with E-state index in [1.807, 2.05) is 28.0 Å². The summed E-state index contributed by atoms with van der Waals surface area (Å²) in [6.45, 7) is 7.61. The number of carbonyl (C=O) groups excluding carboxylic acids is 5. The van der Waals surface area contributed by atoms with Crippen LogP contribution in [-0.2, 0) is 9.59 Å². The number of anilines is 2. The highest BCUT2D eigenvalue weighted by Crippen LogP contribution is 2.38. The summed E-state index contributed by atoms with van der Waals surface area (Å²) in [6, 6.07) is 19.8. The summed E-state index contributed by atoms with van der Waals surface area (Å²) in [5, 5.41) is 12.6. The molecule has 3 aromatic rings. The number of allylic oxidation sites excluding steroid dienone is 1. The van der Waals surface area contributed by atoms with E-state index in [1.54, 1.807) is 42.5 Å². The first kappa shape index (κ1) is 42.4. The van der Waals surface area contributed by atoms with Crippen molar-refractivity contribution in [2.24, 2.45) is 17.2 Å². The minimum Gasteiger partial charge on any atom is -0.507 e. The maximum atomic E-state index is 13.6. The molecule has 64 heavy (non-hydrogen) atoms. The third-order valence-electron chi connectivity index (χ3n) is 13.4. The van der Waals surface area contributed by atoms with Crippen LogP contribution in [0.15, 0.2) is 84.3 Å². The van der Waals surface area contributed by atoms with Crippen molar-refractivity contribution in [2.45, 2.75) is 43.8 Å². The molecule has 336 valence electrons. The minimum absolute atomic E-state index is 0.0172. The number of aromatic hydroxyl groups is 1. The minimum atomic E-state index is -1.01. The van der Waals surface area contributed by atoms with E-state index < -0.39 is 29.7 Å². The lowest BCUT2D eigenvalue weighted by molar-refractivity contribution is -0.136. The topological polar surface area (TPSA) is 228 Å². The summed E-state index contributed by atoms with van der Waals surface area (Å²) in [6.07, 6.45) is 3.99. The number of urea groups is 1. The Morgan fingerprint density at radius 1 is 0.750 bits per heavy atom. The van der Waals surface area contributed by atoms with Gasteiger partial charge < -0.3 is 51.5 Å². The smallest absolute Gasteiger partial charge is 0.320 e. The molecule has 0 aromatic heterocycles. The van der Waals surface area contributed by atoms with Gasteiger partial charge in [-0.15, -0.1) is 0 Å². The van der Waals surface area contributed by atoms with Crippen LogP contribution < -0.4 is 37.1 Å². The molecule has 0 aliphatic carbocycles. The standard InChI is InChI=1S/C46H55N11O7/c47-37(35-6-1-2-7-40(35)58)26-39(42(48)49)55-27-31-8-9-32(28-55)56(31)30-4-3-5-33(24-30)64-23-22-51-14-16-53(17-15-51)46(63)54-20-18-52(19-21-54)29-10-11-34-36(25-29)45(62)57(44(34)61)38-12-13-41(59)50-43(38)60/h1-7,10-11,24-26,31-32,38,58H,8-9,12-23,27-28,47-49H2,(H,50,59,60)/b37-26-. The van der Waals surface area contributed by atoms with Gasteiger partial charge in [-0.2, -0.15) is 0 Å². The number of hydrogen-bond donors (Lipinski definition) is 5. The SMILES string of the molecule is NC(N)=C(/C=C(\N)c1ccccc1O)N1CC2CCC(C1)N2c1cccc(OCCN2CCN(C(=O)N3CCN(c4ccc5c(c4)C(=O)N(C4CCC(=O)NC4=O)C5=O)CC3)CC2)c1. The second-order valence-electron chi connectivity index (χ2n) is 17.3. The monoisotopic (exact) mass is 873 g/mol. The molecule has 8 N–H and O–H groups in total. The van der Waals surface area contributed by atoms with E-state index in [0.717, 1.165) is 67.6 Å². The lowest BCUT2D eigenvalue weighted by atomic mass is 10.0. The number of ether oxygens (including phenoxy) is 1. The molecule has 3 atom stereocenters. The fourth-order valence-corrected chi connectivity index (χ4v) is 10.0. The van der Waals surface area contributed by atoms with E-state index in [2.05, 4.69) is 37.0 Å². The molecule has 5 fully saturated rings. The molecule has 3 unspecified atom stereocenters. The van der Waals surface area contributed by atoms with E-state index in [4.69, 9.17) is 21.9 Å². The molecule has 0 spiro atoms. The van der Waals surface area contributed by atoms with Crippen molar-refractivity contribution in [1.29, 1.82) is 0 Å². The molecule has 2 bridgehead atoms. The van der Waals surface area contributed by atoms with Crippen LogP contribution in [0.5, 0.6) is 11.5 Å². The van der Waals surface area contributed by atoms with Crippen molar-refractivity contribution < 1.29 is 33.8 Å². The molecule has 3 aromatic carbocycles. The van der Waals surface area contributed by atoms with Crippen LogP contribution in [-0.4, -0.2) is 156 Å². The zero-order valence-corrected chi connectivity index (χ0v) is 35.7. The molecule has 6 aliphatic rings. The lowest BCUT2D eigenvalue weighted by Gasteiger charge is -2.44. The average molecular weight is 874 g/mol. The first-order valence-electron chi connectivity index (χ1n) is 22.1. The predicted molar refractivity (Wildman–Crippen MR) is 239 cm³/mol. The van der Waals surface area contributed by atoms with Gasteiger partial charge in [-0.3, -0.25) is 34.3 Å². The second kappa shape index (κ2) is 17.7. The number of likely N-dealkylation sites (tertiary alicyclic amines) is 1. The van der Waals surface area contributed by atoms with E-state index >= 15 is 0 Å². The van der Waals surface area contributed by atoms with Crippen LogP contribution in [0.2, 0.25) is 0 Å². The Bertz CT molecular complexity index is 2390. The van der Waals surface area contributed by atoms with Gasteiger partial charge in [-0.25, -0.2) is 4.79 Å². The number of phenols is 1. The predicted octanol–water partition coefficient (Wildman–Crippen LogP) is 1.47. The van der Waals surface area contributed by atoms with Gasteiger partial charge >= 0.3 is 6.03 Å². The first-order chi connectivity index (χ1) is 30.9. The number of nitrogens with zero attached hydrogens (tertiary/aromatic N) is 7. The molecule has 5 saturated heterocycles. The number of nitrogens with two attached hydrogens (primary N) is 3. The third-order valence-corrected chi connectivity index (χ3v) is 13.4. The van der Waals surface area contributed by atoms with Crippen LogP contribution in [0.25, 0.3) is 5.70 Å². The van der Waals surface area contributed by atoms with Gasteiger partial charge in [0.1, 0.15) is 30.0 Å². The van der Waals surface area contributed by atoms with Gasteiger partial charge in [-0.1, -0.05) is 18.2 Å². The van der Waals surface area contributed by atoms with Crippen LogP contribution >= 0.6 is 0 Å². The number of amides is 6. The summed E-state index contributed by atoms with van der Waals surface area (Å²) in [5.41, 5.74) is 22.7. The number of fused-ring (bicyclic) bond motifs is 3. The van der Waals surface area contributed by atoms with Crippen LogP contribution in [0, 0.1) is 0 Å². The number of nitrogens with one attached hydrogen (secondary N) is 1. The van der Waals surface area contributed by atoms with E-state index in [1.165, 1.54) is 0 Å². The molecule has 18 heteroatoms. The van der Waals surface area contributed by atoms with Gasteiger partial charge in [0.05, 0.1) is 16.8 Å². The second-order valence-corrected chi connectivity index (χ2v) is 17.3. The fourth-order valence-electron chi connectivity index (χ4n) is 10.0. The Hall–Kier alpha value is -6.95. The summed E-state index contributed by atoms with van der Waals surface area (Å²) >= 11 is 0. The van der Waals surface area contributed by atoms with Crippen molar-refractivity contribution in [3.8, 4) is 11.5 Å². The maximum Gasteiger partial charge on any atom is 0.320 e. The largest absolute Gasteiger partial charge is 0.507 e. The van der Waals surface area contributed by atoms with Crippen LogP contribution in [0.4, 0.5) is 16.2 Å². The molecule has 6 heterocycles. The number of hydrogen-bond acceptors (Lipinski definition) is 14. The molecule has 0 saturated carbocycles.